The average Bonchev–Trinajstić information content (AvgIpc) is 2.50. The largest absolute Gasteiger partial charge is 0.391 e. The molecule has 10 nitrogen and oxygen atoms in total. The van der Waals surface area contributed by atoms with Crippen molar-refractivity contribution in [2.24, 2.45) is 0 Å². The Bertz CT molecular complexity index is 278. The van der Waals surface area contributed by atoms with Gasteiger partial charge >= 0.3 is 0 Å². The predicted octanol–water partition coefficient (Wildman–Crippen LogP) is -4.70. The number of aliphatic hydroxyl groups is 8. The standard InChI is InChI=1S/2C6H12O5/c2*1-3(8)5(10)6(11)4(9)2-7/h2*2-6,8-11H,1H3/t2*3-,4-,5-,6-/m00/s1. The second-order valence-corrected chi connectivity index (χ2v) is 4.70. The summed E-state index contributed by atoms with van der Waals surface area (Å²) in [4.78, 5) is 19.7. The minimum atomic E-state index is -1.65. The first-order valence-corrected chi connectivity index (χ1v) is 6.36. The van der Waals surface area contributed by atoms with Gasteiger partial charge in [-0.3, -0.25) is 0 Å². The topological polar surface area (TPSA) is 196 Å². The van der Waals surface area contributed by atoms with E-state index in [4.69, 9.17) is 40.9 Å². The van der Waals surface area contributed by atoms with Crippen molar-refractivity contribution in [3.63, 3.8) is 0 Å². The van der Waals surface area contributed by atoms with Gasteiger partial charge in [0.2, 0.25) is 0 Å². The van der Waals surface area contributed by atoms with Gasteiger partial charge in [0.05, 0.1) is 12.2 Å². The highest BCUT2D eigenvalue weighted by Crippen LogP contribution is 2.03. The van der Waals surface area contributed by atoms with Crippen molar-refractivity contribution < 1.29 is 50.4 Å². The fraction of sp³-hybridized carbons (Fsp3) is 0.833. The minimum Gasteiger partial charge on any atom is -0.391 e. The molecule has 10 heteroatoms. The van der Waals surface area contributed by atoms with Crippen LogP contribution in [0.1, 0.15) is 13.8 Å². The summed E-state index contributed by atoms with van der Waals surface area (Å²) >= 11 is 0. The van der Waals surface area contributed by atoms with Gasteiger partial charge in [-0.2, -0.15) is 0 Å². The molecule has 8 atom stereocenters. The lowest BCUT2D eigenvalue weighted by Gasteiger charge is -2.21. The first-order chi connectivity index (χ1) is 10.0. The Kier molecular flexibility index (Phi) is 12.2. The van der Waals surface area contributed by atoms with Crippen molar-refractivity contribution in [2.45, 2.75) is 62.7 Å². The molecule has 0 saturated heterocycles. The zero-order valence-electron chi connectivity index (χ0n) is 12.2. The average molecular weight is 328 g/mol. The Hall–Kier alpha value is -0.980. The van der Waals surface area contributed by atoms with Crippen LogP contribution in [0, 0.1) is 0 Å². The van der Waals surface area contributed by atoms with Crippen LogP contribution < -0.4 is 0 Å². The van der Waals surface area contributed by atoms with E-state index in [0.29, 0.717) is 0 Å². The number of carbonyl (C=O) groups excluding carboxylic acids is 2. The Balaban J connectivity index is 0. The third-order valence-electron chi connectivity index (χ3n) is 2.67. The molecule has 0 bridgehead atoms. The Morgan fingerprint density at radius 1 is 0.545 bits per heavy atom. The van der Waals surface area contributed by atoms with Gasteiger partial charge in [0.15, 0.2) is 12.6 Å². The van der Waals surface area contributed by atoms with Gasteiger partial charge in [-0.25, -0.2) is 0 Å². The van der Waals surface area contributed by atoms with Crippen LogP contribution in [0.25, 0.3) is 0 Å². The quantitative estimate of drug-likeness (QED) is 0.200. The molecule has 0 saturated carbocycles. The summed E-state index contributed by atoms with van der Waals surface area (Å²) in [5, 5.41) is 70.2. The number of hydrogen-bond donors (Lipinski definition) is 8. The molecule has 132 valence electrons. The molecule has 0 spiro atoms. The molecular formula is C12H24O10. The van der Waals surface area contributed by atoms with Crippen LogP contribution in [0.15, 0.2) is 0 Å². The molecule has 0 unspecified atom stereocenters. The molecule has 8 N–H and O–H groups in total. The summed E-state index contributed by atoms with van der Waals surface area (Å²) in [6.07, 6.45) is -11.8. The molecule has 0 aliphatic rings. The van der Waals surface area contributed by atoms with E-state index < -0.39 is 48.8 Å². The van der Waals surface area contributed by atoms with Crippen LogP contribution in [0.4, 0.5) is 0 Å². The highest BCUT2D eigenvalue weighted by Gasteiger charge is 2.28. The summed E-state index contributed by atoms with van der Waals surface area (Å²) in [6.45, 7) is 2.48. The molecule has 0 heterocycles. The van der Waals surface area contributed by atoms with Crippen LogP contribution in [-0.2, 0) is 9.59 Å². The smallest absolute Gasteiger partial charge is 0.151 e. The maximum absolute atomic E-state index is 9.87. The lowest BCUT2D eigenvalue weighted by molar-refractivity contribution is -0.132. The lowest BCUT2D eigenvalue weighted by atomic mass is 10.1. The molecule has 0 aromatic heterocycles. The van der Waals surface area contributed by atoms with Crippen molar-refractivity contribution in [1.82, 2.24) is 0 Å². The minimum absolute atomic E-state index is 0.0935. The third kappa shape index (κ3) is 8.46. The number of aldehydes is 2. The molecule has 0 aliphatic heterocycles. The van der Waals surface area contributed by atoms with E-state index in [2.05, 4.69) is 0 Å². The van der Waals surface area contributed by atoms with Crippen molar-refractivity contribution >= 4 is 12.6 Å². The summed E-state index contributed by atoms with van der Waals surface area (Å²) in [5.74, 6) is 0. The van der Waals surface area contributed by atoms with Crippen LogP contribution in [0.3, 0.4) is 0 Å². The van der Waals surface area contributed by atoms with E-state index >= 15 is 0 Å². The molecule has 0 radical (unpaired) electrons. The van der Waals surface area contributed by atoms with E-state index in [0.717, 1.165) is 0 Å². The Morgan fingerprint density at radius 2 is 0.773 bits per heavy atom. The molecule has 22 heavy (non-hydrogen) atoms. The molecule has 0 aromatic rings. The SMILES string of the molecule is C[C@H](O)[C@H](O)[C@@H](O)[C@@H](O)C=O.C[C@H](O)[C@H](O)[C@@H](O)[C@@H](O)C=O. The van der Waals surface area contributed by atoms with Gasteiger partial charge in [0.1, 0.15) is 36.6 Å². The summed E-state index contributed by atoms with van der Waals surface area (Å²) < 4.78 is 0. The van der Waals surface area contributed by atoms with E-state index in [1.165, 1.54) is 13.8 Å². The van der Waals surface area contributed by atoms with Crippen molar-refractivity contribution in [3.8, 4) is 0 Å². The first-order valence-electron chi connectivity index (χ1n) is 6.36. The maximum Gasteiger partial charge on any atom is 0.151 e. The highest BCUT2D eigenvalue weighted by atomic mass is 16.4. The van der Waals surface area contributed by atoms with E-state index in [1.807, 2.05) is 0 Å². The number of carbonyl (C=O) groups is 2. The Morgan fingerprint density at radius 3 is 0.909 bits per heavy atom. The van der Waals surface area contributed by atoms with Gasteiger partial charge in [-0.15, -0.1) is 0 Å². The molecule has 0 aliphatic carbocycles. The molecular weight excluding hydrogens is 304 g/mol. The van der Waals surface area contributed by atoms with Crippen LogP contribution in [0.5, 0.6) is 0 Å². The second kappa shape index (κ2) is 11.6. The normalized spacial score (nSPS) is 21.9. The van der Waals surface area contributed by atoms with Gasteiger partial charge in [0, 0.05) is 0 Å². The number of aliphatic hydroxyl groups excluding tert-OH is 8. The second-order valence-electron chi connectivity index (χ2n) is 4.70. The summed E-state index contributed by atoms with van der Waals surface area (Å²) in [5.41, 5.74) is 0. The van der Waals surface area contributed by atoms with Crippen LogP contribution in [-0.4, -0.2) is 102 Å². The highest BCUT2D eigenvalue weighted by molar-refractivity contribution is 5.57. The first kappa shape index (κ1) is 23.3. The molecule has 0 rings (SSSR count). The monoisotopic (exact) mass is 328 g/mol. The van der Waals surface area contributed by atoms with Crippen molar-refractivity contribution in [2.75, 3.05) is 0 Å². The predicted molar refractivity (Wildman–Crippen MR) is 71.5 cm³/mol. The zero-order valence-corrected chi connectivity index (χ0v) is 12.2. The van der Waals surface area contributed by atoms with Gasteiger partial charge in [0.25, 0.3) is 0 Å². The van der Waals surface area contributed by atoms with Gasteiger partial charge < -0.3 is 50.4 Å². The lowest BCUT2D eigenvalue weighted by Crippen LogP contribution is -2.43. The maximum atomic E-state index is 9.87. The van der Waals surface area contributed by atoms with Crippen LogP contribution >= 0.6 is 0 Å². The van der Waals surface area contributed by atoms with Gasteiger partial charge in [-0.05, 0) is 13.8 Å². The fourth-order valence-electron chi connectivity index (χ4n) is 1.14. The molecule has 0 aromatic carbocycles. The summed E-state index contributed by atoms with van der Waals surface area (Å²) in [7, 11) is 0. The fourth-order valence-corrected chi connectivity index (χ4v) is 1.14. The van der Waals surface area contributed by atoms with E-state index in [-0.39, 0.29) is 12.6 Å². The van der Waals surface area contributed by atoms with Crippen molar-refractivity contribution in [3.05, 3.63) is 0 Å². The summed E-state index contributed by atoms with van der Waals surface area (Å²) in [6, 6.07) is 0. The number of rotatable bonds is 8. The van der Waals surface area contributed by atoms with E-state index in [1.54, 1.807) is 0 Å². The Labute approximate surface area is 126 Å². The van der Waals surface area contributed by atoms with Gasteiger partial charge in [-0.1, -0.05) is 0 Å². The third-order valence-corrected chi connectivity index (χ3v) is 2.67. The van der Waals surface area contributed by atoms with Crippen molar-refractivity contribution in [1.29, 1.82) is 0 Å². The molecule has 0 fully saturated rings. The van der Waals surface area contributed by atoms with E-state index in [9.17, 15) is 9.59 Å². The number of hydrogen-bond acceptors (Lipinski definition) is 10. The zero-order chi connectivity index (χ0) is 18.0. The molecule has 0 amide bonds. The van der Waals surface area contributed by atoms with Crippen LogP contribution in [0.2, 0.25) is 0 Å².